The molecule has 7 nitrogen and oxygen atoms in total. The van der Waals surface area contributed by atoms with E-state index in [1.165, 1.54) is 32.1 Å². The molecule has 7 atom stereocenters. The number of nitrogens with two attached hydrogens (primary N) is 2. The van der Waals surface area contributed by atoms with Crippen molar-refractivity contribution >= 4 is 5.91 Å². The third kappa shape index (κ3) is 5.33. The number of hydrogen-bond donors (Lipinski definition) is 5. The van der Waals surface area contributed by atoms with Crippen molar-refractivity contribution in [3.8, 4) is 0 Å². The maximum Gasteiger partial charge on any atom is 0.224 e. The molecule has 0 aromatic rings. The Hall–Kier alpha value is -0.800. The number of piperidine rings is 1. The second-order valence-electron chi connectivity index (χ2n) is 10.1. The third-order valence-electron chi connectivity index (χ3n) is 7.97. The van der Waals surface area contributed by atoms with Gasteiger partial charge < -0.3 is 11.5 Å². The van der Waals surface area contributed by atoms with Gasteiger partial charge in [-0.3, -0.25) is 25.6 Å². The van der Waals surface area contributed by atoms with Crippen molar-refractivity contribution in [2.24, 2.45) is 29.2 Å². The van der Waals surface area contributed by atoms with Gasteiger partial charge in [0, 0.05) is 31.7 Å². The SMILES string of the molecule is NC(=O)C1CNC(N2CCC[C@H](N)C2)NC1NC1CCC(F)C(C2CCCCC2)C1. The highest BCUT2D eigenvalue weighted by molar-refractivity contribution is 5.77. The van der Waals surface area contributed by atoms with Gasteiger partial charge in [-0.05, 0) is 43.9 Å². The van der Waals surface area contributed by atoms with Gasteiger partial charge >= 0.3 is 0 Å². The van der Waals surface area contributed by atoms with Crippen LogP contribution in [-0.2, 0) is 4.79 Å². The highest BCUT2D eigenvalue weighted by Gasteiger charge is 2.40. The molecule has 0 aromatic heterocycles. The molecule has 0 radical (unpaired) electrons. The van der Waals surface area contributed by atoms with E-state index in [1.807, 2.05) is 0 Å². The molecule has 4 rings (SSSR count). The summed E-state index contributed by atoms with van der Waals surface area (Å²) in [4.78, 5) is 14.4. The molecule has 2 saturated heterocycles. The van der Waals surface area contributed by atoms with Crippen LogP contribution in [0.3, 0.4) is 0 Å². The van der Waals surface area contributed by atoms with Gasteiger partial charge in [-0.25, -0.2) is 4.39 Å². The molecule has 2 aliphatic heterocycles. The van der Waals surface area contributed by atoms with E-state index in [-0.39, 0.29) is 42.3 Å². The maximum atomic E-state index is 14.8. The number of amides is 1. The largest absolute Gasteiger partial charge is 0.369 e. The third-order valence-corrected chi connectivity index (χ3v) is 7.97. The molecule has 0 spiro atoms. The molecule has 2 saturated carbocycles. The predicted octanol–water partition coefficient (Wildman–Crippen LogP) is 0.990. The second-order valence-corrected chi connectivity index (χ2v) is 10.1. The number of carbonyl (C=O) groups is 1. The number of primary amides is 1. The standard InChI is InChI=1S/C22H41FN6O/c23-19-9-8-16(11-17(19)14-5-2-1-3-6-14)27-21-18(20(25)30)12-26-22(28-21)29-10-4-7-15(24)13-29/h14-19,21-22,26-28H,1-13,24H2,(H2,25,30)/t15-,16?,17?,18?,19?,21?,22?/m0/s1. The molecule has 4 aliphatic rings. The van der Waals surface area contributed by atoms with Crippen LogP contribution in [-0.4, -0.2) is 61.2 Å². The van der Waals surface area contributed by atoms with Gasteiger partial charge in [0.05, 0.1) is 12.1 Å². The second kappa shape index (κ2) is 10.2. The number of likely N-dealkylation sites (tertiary alicyclic amines) is 1. The fourth-order valence-electron chi connectivity index (χ4n) is 6.26. The molecule has 172 valence electrons. The molecular weight excluding hydrogens is 383 g/mol. The summed E-state index contributed by atoms with van der Waals surface area (Å²) in [7, 11) is 0. The zero-order chi connectivity index (χ0) is 21.1. The number of nitrogens with one attached hydrogen (secondary N) is 3. The monoisotopic (exact) mass is 424 g/mol. The number of hydrogen-bond acceptors (Lipinski definition) is 6. The fourth-order valence-corrected chi connectivity index (χ4v) is 6.26. The first kappa shape index (κ1) is 22.4. The Labute approximate surface area is 180 Å². The van der Waals surface area contributed by atoms with E-state index in [1.54, 1.807) is 0 Å². The van der Waals surface area contributed by atoms with E-state index >= 15 is 0 Å². The summed E-state index contributed by atoms with van der Waals surface area (Å²) in [5.41, 5.74) is 11.9. The summed E-state index contributed by atoms with van der Waals surface area (Å²) >= 11 is 0. The molecule has 2 heterocycles. The normalized spacial score (nSPS) is 42.1. The predicted molar refractivity (Wildman–Crippen MR) is 116 cm³/mol. The van der Waals surface area contributed by atoms with Gasteiger partial charge in [0.15, 0.2) is 0 Å². The van der Waals surface area contributed by atoms with E-state index in [0.29, 0.717) is 18.9 Å². The molecule has 7 N–H and O–H groups in total. The number of nitrogens with zero attached hydrogens (tertiary/aromatic N) is 1. The number of halogens is 1. The average molecular weight is 425 g/mol. The molecule has 6 unspecified atom stereocenters. The van der Waals surface area contributed by atoms with E-state index in [9.17, 15) is 9.18 Å². The van der Waals surface area contributed by atoms with Crippen molar-refractivity contribution in [3.05, 3.63) is 0 Å². The summed E-state index contributed by atoms with van der Waals surface area (Å²) in [6.07, 6.45) is 9.68. The first-order chi connectivity index (χ1) is 14.5. The minimum Gasteiger partial charge on any atom is -0.369 e. The Kier molecular flexibility index (Phi) is 7.62. The van der Waals surface area contributed by atoms with Crippen molar-refractivity contribution in [2.45, 2.75) is 94.9 Å². The zero-order valence-electron chi connectivity index (χ0n) is 18.2. The van der Waals surface area contributed by atoms with Gasteiger partial charge in [0.2, 0.25) is 5.91 Å². The molecule has 2 aliphatic carbocycles. The summed E-state index contributed by atoms with van der Waals surface area (Å²) in [6.45, 7) is 2.37. The Balaban J connectivity index is 1.38. The van der Waals surface area contributed by atoms with E-state index in [0.717, 1.165) is 38.8 Å². The van der Waals surface area contributed by atoms with Crippen molar-refractivity contribution in [1.82, 2.24) is 20.9 Å². The topological polar surface area (TPSA) is 108 Å². The highest BCUT2D eigenvalue weighted by atomic mass is 19.1. The van der Waals surface area contributed by atoms with Crippen LogP contribution in [0.15, 0.2) is 0 Å². The van der Waals surface area contributed by atoms with Crippen LogP contribution in [0.2, 0.25) is 0 Å². The summed E-state index contributed by atoms with van der Waals surface area (Å²) in [6, 6.07) is 0.421. The lowest BCUT2D eigenvalue weighted by Crippen LogP contribution is -2.72. The Bertz CT molecular complexity index is 574. The molecule has 30 heavy (non-hydrogen) atoms. The zero-order valence-corrected chi connectivity index (χ0v) is 18.2. The van der Waals surface area contributed by atoms with Gasteiger partial charge in [-0.15, -0.1) is 0 Å². The summed E-state index contributed by atoms with van der Waals surface area (Å²) < 4.78 is 14.8. The van der Waals surface area contributed by atoms with Crippen LogP contribution in [0.4, 0.5) is 4.39 Å². The Morgan fingerprint density at radius 1 is 1.07 bits per heavy atom. The minimum atomic E-state index is -0.679. The highest BCUT2D eigenvalue weighted by Crippen LogP contribution is 2.40. The lowest BCUT2D eigenvalue weighted by molar-refractivity contribution is -0.124. The van der Waals surface area contributed by atoms with Crippen LogP contribution < -0.4 is 27.4 Å². The lowest BCUT2D eigenvalue weighted by atomic mass is 9.71. The minimum absolute atomic E-state index is 0.0175. The average Bonchev–Trinajstić information content (AvgIpc) is 2.75. The molecule has 0 bridgehead atoms. The molecule has 4 fully saturated rings. The fraction of sp³-hybridized carbons (Fsp3) is 0.955. The number of rotatable bonds is 5. The summed E-state index contributed by atoms with van der Waals surface area (Å²) in [5, 5.41) is 10.7. The number of alkyl halides is 1. The maximum absolute atomic E-state index is 14.8. The molecule has 0 aromatic carbocycles. The van der Waals surface area contributed by atoms with E-state index < -0.39 is 6.17 Å². The summed E-state index contributed by atoms with van der Waals surface area (Å²) in [5.74, 6) is 0.0512. The van der Waals surface area contributed by atoms with Crippen molar-refractivity contribution < 1.29 is 9.18 Å². The van der Waals surface area contributed by atoms with Gasteiger partial charge in [-0.1, -0.05) is 32.1 Å². The Morgan fingerprint density at radius 2 is 1.87 bits per heavy atom. The Morgan fingerprint density at radius 3 is 2.60 bits per heavy atom. The molecule has 8 heteroatoms. The molecular formula is C22H41FN6O. The van der Waals surface area contributed by atoms with Crippen molar-refractivity contribution in [2.75, 3.05) is 19.6 Å². The van der Waals surface area contributed by atoms with Gasteiger partial charge in [0.25, 0.3) is 0 Å². The van der Waals surface area contributed by atoms with Crippen molar-refractivity contribution in [1.29, 1.82) is 0 Å². The van der Waals surface area contributed by atoms with Gasteiger partial charge in [-0.2, -0.15) is 0 Å². The quantitative estimate of drug-likeness (QED) is 0.450. The van der Waals surface area contributed by atoms with Crippen LogP contribution >= 0.6 is 0 Å². The van der Waals surface area contributed by atoms with Crippen LogP contribution in [0.1, 0.15) is 64.2 Å². The van der Waals surface area contributed by atoms with Crippen molar-refractivity contribution in [3.63, 3.8) is 0 Å². The first-order valence-corrected chi connectivity index (χ1v) is 12.2. The first-order valence-electron chi connectivity index (χ1n) is 12.2. The smallest absolute Gasteiger partial charge is 0.224 e. The van der Waals surface area contributed by atoms with E-state index in [2.05, 4.69) is 20.9 Å². The lowest BCUT2D eigenvalue weighted by Gasteiger charge is -2.46. The number of carbonyl (C=O) groups excluding carboxylic acids is 1. The van der Waals surface area contributed by atoms with E-state index in [4.69, 9.17) is 11.5 Å². The van der Waals surface area contributed by atoms with Crippen LogP contribution in [0.5, 0.6) is 0 Å². The van der Waals surface area contributed by atoms with Crippen LogP contribution in [0, 0.1) is 17.8 Å². The molecule has 1 amide bonds. The van der Waals surface area contributed by atoms with Crippen LogP contribution in [0.25, 0.3) is 0 Å². The van der Waals surface area contributed by atoms with Gasteiger partial charge in [0.1, 0.15) is 12.5 Å².